The number of aryl methyl sites for hydroxylation is 2. The van der Waals surface area contributed by atoms with Crippen molar-refractivity contribution in [2.75, 3.05) is 17.3 Å². The maximum absolute atomic E-state index is 13.8. The molecule has 1 aliphatic carbocycles. The SMILES string of the molecule is CS(=O)(=O)c1ccc(F)c(NC(=O)CSc2ccc3c(c2)CCC3)c1. The molecular formula is C18H18FNO3S2. The molecule has 0 saturated carbocycles. The third-order valence-electron chi connectivity index (χ3n) is 4.08. The molecule has 0 aromatic heterocycles. The molecule has 0 radical (unpaired) electrons. The predicted octanol–water partition coefficient (Wildman–Crippen LogP) is 3.45. The van der Waals surface area contributed by atoms with Crippen LogP contribution < -0.4 is 5.32 Å². The lowest BCUT2D eigenvalue weighted by Gasteiger charge is -2.09. The molecule has 0 fully saturated rings. The van der Waals surface area contributed by atoms with Crippen LogP contribution in [0.1, 0.15) is 17.5 Å². The van der Waals surface area contributed by atoms with Gasteiger partial charge in [0, 0.05) is 11.2 Å². The Morgan fingerprint density at radius 2 is 1.92 bits per heavy atom. The van der Waals surface area contributed by atoms with Crippen molar-refractivity contribution in [2.45, 2.75) is 29.1 Å². The highest BCUT2D eigenvalue weighted by Gasteiger charge is 2.14. The van der Waals surface area contributed by atoms with Crippen LogP contribution in [-0.4, -0.2) is 26.3 Å². The molecule has 4 nitrogen and oxygen atoms in total. The number of sulfone groups is 1. The summed E-state index contributed by atoms with van der Waals surface area (Å²) in [5.74, 6) is -0.917. The fourth-order valence-corrected chi connectivity index (χ4v) is 4.21. The van der Waals surface area contributed by atoms with Gasteiger partial charge in [0.15, 0.2) is 9.84 Å². The Morgan fingerprint density at radius 1 is 1.16 bits per heavy atom. The van der Waals surface area contributed by atoms with Crippen molar-refractivity contribution in [3.63, 3.8) is 0 Å². The van der Waals surface area contributed by atoms with Gasteiger partial charge in [0.05, 0.1) is 16.3 Å². The second-order valence-corrected chi connectivity index (χ2v) is 9.10. The minimum atomic E-state index is -3.46. The van der Waals surface area contributed by atoms with Gasteiger partial charge in [0.25, 0.3) is 0 Å². The smallest absolute Gasteiger partial charge is 0.234 e. The number of halogens is 1. The summed E-state index contributed by atoms with van der Waals surface area (Å²) in [5.41, 5.74) is 2.58. The number of anilines is 1. The number of rotatable bonds is 5. The van der Waals surface area contributed by atoms with Crippen LogP contribution in [0.2, 0.25) is 0 Å². The number of fused-ring (bicyclic) bond motifs is 1. The van der Waals surface area contributed by atoms with Gasteiger partial charge in [-0.25, -0.2) is 12.8 Å². The van der Waals surface area contributed by atoms with Gasteiger partial charge in [-0.05, 0) is 60.7 Å². The molecule has 0 spiro atoms. The zero-order valence-electron chi connectivity index (χ0n) is 13.7. The average Bonchev–Trinajstić information content (AvgIpc) is 3.01. The number of benzene rings is 2. The van der Waals surface area contributed by atoms with E-state index in [0.29, 0.717) is 0 Å². The van der Waals surface area contributed by atoms with E-state index >= 15 is 0 Å². The molecule has 0 bridgehead atoms. The summed E-state index contributed by atoms with van der Waals surface area (Å²) in [7, 11) is -3.46. The van der Waals surface area contributed by atoms with Gasteiger partial charge in [-0.2, -0.15) is 0 Å². The van der Waals surface area contributed by atoms with Crippen LogP contribution in [0.3, 0.4) is 0 Å². The Labute approximate surface area is 150 Å². The summed E-state index contributed by atoms with van der Waals surface area (Å²) in [6.45, 7) is 0. The van der Waals surface area contributed by atoms with Gasteiger partial charge in [0.1, 0.15) is 5.82 Å². The van der Waals surface area contributed by atoms with Crippen molar-refractivity contribution in [1.82, 2.24) is 0 Å². The molecule has 2 aromatic rings. The monoisotopic (exact) mass is 379 g/mol. The number of hydrogen-bond acceptors (Lipinski definition) is 4. The number of carbonyl (C=O) groups excluding carboxylic acids is 1. The minimum Gasteiger partial charge on any atom is -0.323 e. The summed E-state index contributed by atoms with van der Waals surface area (Å²) in [6.07, 6.45) is 4.38. The van der Waals surface area contributed by atoms with Crippen molar-refractivity contribution in [3.8, 4) is 0 Å². The van der Waals surface area contributed by atoms with Crippen LogP contribution >= 0.6 is 11.8 Å². The highest BCUT2D eigenvalue weighted by atomic mass is 32.2. The van der Waals surface area contributed by atoms with E-state index < -0.39 is 15.7 Å². The lowest BCUT2D eigenvalue weighted by atomic mass is 10.1. The maximum Gasteiger partial charge on any atom is 0.234 e. The summed E-state index contributed by atoms with van der Waals surface area (Å²) >= 11 is 1.38. The standard InChI is InChI=1S/C18H18FNO3S2/c1-25(22,23)15-7-8-16(19)17(10-15)20-18(21)11-24-14-6-5-12-3-2-4-13(12)9-14/h5-10H,2-4,11H2,1H3,(H,20,21). The van der Waals surface area contributed by atoms with E-state index in [1.54, 1.807) is 0 Å². The molecular weight excluding hydrogens is 361 g/mol. The van der Waals surface area contributed by atoms with Gasteiger partial charge >= 0.3 is 0 Å². The number of thioether (sulfide) groups is 1. The first kappa shape index (κ1) is 17.9. The fraction of sp³-hybridized carbons (Fsp3) is 0.278. The van der Waals surface area contributed by atoms with Gasteiger partial charge in [-0.3, -0.25) is 4.79 Å². The fourth-order valence-electron chi connectivity index (χ4n) is 2.80. The lowest BCUT2D eigenvalue weighted by molar-refractivity contribution is -0.113. The van der Waals surface area contributed by atoms with Crippen molar-refractivity contribution < 1.29 is 17.6 Å². The quantitative estimate of drug-likeness (QED) is 0.638. The Hall–Kier alpha value is -1.86. The highest BCUT2D eigenvalue weighted by molar-refractivity contribution is 8.00. The first-order valence-electron chi connectivity index (χ1n) is 7.87. The third kappa shape index (κ3) is 4.41. The van der Waals surface area contributed by atoms with E-state index in [9.17, 15) is 17.6 Å². The van der Waals surface area contributed by atoms with Crippen LogP contribution in [0.4, 0.5) is 10.1 Å². The number of amides is 1. The molecule has 0 unspecified atom stereocenters. The van der Waals surface area contributed by atoms with Crippen molar-refractivity contribution in [2.24, 2.45) is 0 Å². The molecule has 0 saturated heterocycles. The number of carbonyl (C=O) groups is 1. The molecule has 132 valence electrons. The zero-order chi connectivity index (χ0) is 18.0. The predicted molar refractivity (Wildman–Crippen MR) is 97.3 cm³/mol. The Bertz CT molecular complexity index is 926. The summed E-state index contributed by atoms with van der Waals surface area (Å²) in [6, 6.07) is 9.55. The first-order valence-corrected chi connectivity index (χ1v) is 10.7. The van der Waals surface area contributed by atoms with Crippen molar-refractivity contribution >= 4 is 33.2 Å². The van der Waals surface area contributed by atoms with Gasteiger partial charge in [-0.1, -0.05) is 6.07 Å². The highest BCUT2D eigenvalue weighted by Crippen LogP contribution is 2.28. The van der Waals surface area contributed by atoms with Crippen LogP contribution in [0.15, 0.2) is 46.2 Å². The summed E-state index contributed by atoms with van der Waals surface area (Å²) < 4.78 is 36.9. The van der Waals surface area contributed by atoms with E-state index in [0.717, 1.165) is 36.1 Å². The topological polar surface area (TPSA) is 63.2 Å². The zero-order valence-corrected chi connectivity index (χ0v) is 15.3. The molecule has 1 N–H and O–H groups in total. The Morgan fingerprint density at radius 3 is 2.68 bits per heavy atom. The second kappa shape index (κ2) is 7.17. The summed E-state index contributed by atoms with van der Waals surface area (Å²) in [4.78, 5) is 13.1. The molecule has 3 rings (SSSR count). The Kier molecular flexibility index (Phi) is 5.15. The van der Waals surface area contributed by atoms with E-state index in [-0.39, 0.29) is 22.2 Å². The van der Waals surface area contributed by atoms with Gasteiger partial charge in [-0.15, -0.1) is 11.8 Å². The van der Waals surface area contributed by atoms with Crippen LogP contribution in [0, 0.1) is 5.82 Å². The molecule has 0 aliphatic heterocycles. The number of hydrogen-bond donors (Lipinski definition) is 1. The van der Waals surface area contributed by atoms with Gasteiger partial charge in [0.2, 0.25) is 5.91 Å². The normalized spacial score (nSPS) is 13.5. The molecule has 7 heteroatoms. The van der Waals surface area contributed by atoms with E-state index in [4.69, 9.17) is 0 Å². The van der Waals surface area contributed by atoms with Crippen molar-refractivity contribution in [3.05, 3.63) is 53.3 Å². The number of nitrogens with one attached hydrogen (secondary N) is 1. The lowest BCUT2D eigenvalue weighted by Crippen LogP contribution is -2.15. The van der Waals surface area contributed by atoms with Crippen LogP contribution in [0.5, 0.6) is 0 Å². The molecule has 0 heterocycles. The average molecular weight is 379 g/mol. The van der Waals surface area contributed by atoms with E-state index in [1.807, 2.05) is 6.07 Å². The minimum absolute atomic E-state index is 0.0320. The van der Waals surface area contributed by atoms with E-state index in [2.05, 4.69) is 17.4 Å². The Balaban J connectivity index is 1.65. The molecule has 25 heavy (non-hydrogen) atoms. The maximum atomic E-state index is 13.8. The first-order chi connectivity index (χ1) is 11.8. The van der Waals surface area contributed by atoms with Crippen LogP contribution in [-0.2, 0) is 27.5 Å². The summed E-state index contributed by atoms with van der Waals surface area (Å²) in [5, 5.41) is 2.45. The van der Waals surface area contributed by atoms with E-state index in [1.165, 1.54) is 35.4 Å². The largest absolute Gasteiger partial charge is 0.323 e. The van der Waals surface area contributed by atoms with Gasteiger partial charge < -0.3 is 5.32 Å². The molecule has 1 aliphatic rings. The molecule has 1 amide bonds. The third-order valence-corrected chi connectivity index (χ3v) is 6.18. The molecule has 2 aromatic carbocycles. The van der Waals surface area contributed by atoms with Crippen molar-refractivity contribution in [1.29, 1.82) is 0 Å². The molecule has 0 atom stereocenters. The van der Waals surface area contributed by atoms with Crippen LogP contribution in [0.25, 0.3) is 0 Å². The second-order valence-electron chi connectivity index (χ2n) is 6.03.